The van der Waals surface area contributed by atoms with Crippen LogP contribution in [0.1, 0.15) is 35.5 Å². The van der Waals surface area contributed by atoms with E-state index in [0.717, 1.165) is 10.4 Å². The quantitative estimate of drug-likeness (QED) is 0.593. The van der Waals surface area contributed by atoms with Gasteiger partial charge in [0.05, 0.1) is 4.88 Å². The van der Waals surface area contributed by atoms with E-state index in [0.29, 0.717) is 50.5 Å². The molecular formula is C21H21N3O3S. The summed E-state index contributed by atoms with van der Waals surface area (Å²) in [4.78, 5) is 32.2. The number of hydrogen-bond acceptors (Lipinski definition) is 6. The molecule has 144 valence electrons. The summed E-state index contributed by atoms with van der Waals surface area (Å²) in [6.45, 7) is 1.23. The van der Waals surface area contributed by atoms with E-state index in [4.69, 9.17) is 4.52 Å². The van der Waals surface area contributed by atoms with E-state index in [-0.39, 0.29) is 17.6 Å². The number of Topliss-reactive ketones (excluding diaryl/α,β-unsaturated/α-hetero) is 1. The lowest BCUT2D eigenvalue weighted by molar-refractivity contribution is -0.132. The first-order valence-electron chi connectivity index (χ1n) is 9.44. The molecule has 6 nitrogen and oxygen atoms in total. The molecule has 1 fully saturated rings. The Bertz CT molecular complexity index is 929. The number of thiophene rings is 1. The van der Waals surface area contributed by atoms with Crippen LogP contribution in [0.15, 0.2) is 52.4 Å². The van der Waals surface area contributed by atoms with E-state index in [1.54, 1.807) is 11.3 Å². The zero-order valence-electron chi connectivity index (χ0n) is 15.4. The van der Waals surface area contributed by atoms with Crippen molar-refractivity contribution in [2.24, 2.45) is 5.92 Å². The highest BCUT2D eigenvalue weighted by atomic mass is 32.1. The number of aromatic nitrogens is 2. The summed E-state index contributed by atoms with van der Waals surface area (Å²) in [5.74, 6) is 1.29. The van der Waals surface area contributed by atoms with Gasteiger partial charge in [-0.05, 0) is 24.3 Å². The number of aryl methyl sites for hydroxylation is 1. The van der Waals surface area contributed by atoms with Crippen molar-refractivity contribution in [1.29, 1.82) is 0 Å². The normalized spacial score (nSPS) is 14.9. The fourth-order valence-corrected chi connectivity index (χ4v) is 4.11. The number of rotatable bonds is 6. The lowest BCUT2D eigenvalue weighted by Crippen LogP contribution is -2.40. The van der Waals surface area contributed by atoms with Crippen LogP contribution in [-0.4, -0.2) is 39.8 Å². The van der Waals surface area contributed by atoms with Crippen molar-refractivity contribution in [1.82, 2.24) is 15.0 Å². The topological polar surface area (TPSA) is 76.3 Å². The maximum absolute atomic E-state index is 12.6. The third-order valence-corrected chi connectivity index (χ3v) is 5.90. The third-order valence-electron chi connectivity index (χ3n) is 5.04. The highest BCUT2D eigenvalue weighted by Gasteiger charge is 2.28. The molecule has 0 radical (unpaired) electrons. The molecule has 3 heterocycles. The highest BCUT2D eigenvalue weighted by molar-refractivity contribution is 7.13. The van der Waals surface area contributed by atoms with Crippen LogP contribution in [0, 0.1) is 5.92 Å². The van der Waals surface area contributed by atoms with Crippen LogP contribution < -0.4 is 0 Å². The molecule has 0 N–H and O–H groups in total. The molecule has 4 rings (SSSR count). The molecule has 0 aliphatic carbocycles. The minimum atomic E-state index is -0.00394. The second-order valence-corrected chi connectivity index (χ2v) is 7.82. The maximum Gasteiger partial charge on any atom is 0.227 e. The number of carbonyl (C=O) groups excluding carboxylic acids is 2. The highest BCUT2D eigenvalue weighted by Crippen LogP contribution is 2.23. The van der Waals surface area contributed by atoms with Gasteiger partial charge in [0, 0.05) is 37.4 Å². The number of piperidine rings is 1. The first kappa shape index (κ1) is 18.6. The molecule has 7 heteroatoms. The van der Waals surface area contributed by atoms with Crippen LogP contribution in [0.25, 0.3) is 10.7 Å². The summed E-state index contributed by atoms with van der Waals surface area (Å²) >= 11 is 1.55. The Balaban J connectivity index is 1.26. The monoisotopic (exact) mass is 395 g/mol. The fraction of sp³-hybridized carbons (Fsp3) is 0.333. The molecule has 28 heavy (non-hydrogen) atoms. The molecule has 1 aliphatic heterocycles. The lowest BCUT2D eigenvalue weighted by atomic mass is 9.89. The Morgan fingerprint density at radius 3 is 2.61 bits per heavy atom. The van der Waals surface area contributed by atoms with Crippen molar-refractivity contribution in [3.05, 3.63) is 59.3 Å². The Hall–Kier alpha value is -2.80. The zero-order valence-corrected chi connectivity index (χ0v) is 16.2. The van der Waals surface area contributed by atoms with Crippen LogP contribution in [0.5, 0.6) is 0 Å². The van der Waals surface area contributed by atoms with Crippen molar-refractivity contribution in [2.45, 2.75) is 25.7 Å². The number of benzene rings is 1. The maximum atomic E-state index is 12.6. The molecule has 1 aromatic carbocycles. The fourth-order valence-electron chi connectivity index (χ4n) is 3.46. The number of hydrogen-bond donors (Lipinski definition) is 0. The molecule has 1 saturated heterocycles. The van der Waals surface area contributed by atoms with Crippen molar-refractivity contribution >= 4 is 23.0 Å². The van der Waals surface area contributed by atoms with Gasteiger partial charge < -0.3 is 9.42 Å². The molecule has 1 amide bonds. The molecule has 0 unspecified atom stereocenters. The summed E-state index contributed by atoms with van der Waals surface area (Å²) in [7, 11) is 0. The van der Waals surface area contributed by atoms with Gasteiger partial charge in [0.2, 0.25) is 17.6 Å². The van der Waals surface area contributed by atoms with Gasteiger partial charge in [-0.3, -0.25) is 9.59 Å². The van der Waals surface area contributed by atoms with Gasteiger partial charge in [-0.15, -0.1) is 11.3 Å². The molecular weight excluding hydrogens is 374 g/mol. The summed E-state index contributed by atoms with van der Waals surface area (Å²) in [5.41, 5.74) is 0.755. The minimum absolute atomic E-state index is 0.00394. The third kappa shape index (κ3) is 4.20. The van der Waals surface area contributed by atoms with Gasteiger partial charge in [0.25, 0.3) is 0 Å². The molecule has 0 bridgehead atoms. The van der Waals surface area contributed by atoms with E-state index in [2.05, 4.69) is 10.1 Å². The summed E-state index contributed by atoms with van der Waals surface area (Å²) in [6, 6.07) is 13.3. The Morgan fingerprint density at radius 2 is 1.89 bits per heavy atom. The number of likely N-dealkylation sites (tertiary alicyclic amines) is 1. The van der Waals surface area contributed by atoms with Gasteiger partial charge >= 0.3 is 0 Å². The van der Waals surface area contributed by atoms with Crippen LogP contribution in [-0.2, 0) is 11.2 Å². The first-order chi connectivity index (χ1) is 13.7. The van der Waals surface area contributed by atoms with Gasteiger partial charge in [-0.25, -0.2) is 0 Å². The van der Waals surface area contributed by atoms with E-state index < -0.39 is 0 Å². The smallest absolute Gasteiger partial charge is 0.227 e. The van der Waals surface area contributed by atoms with E-state index in [1.807, 2.05) is 52.7 Å². The lowest BCUT2D eigenvalue weighted by Gasteiger charge is -2.31. The van der Waals surface area contributed by atoms with Crippen molar-refractivity contribution < 1.29 is 14.1 Å². The van der Waals surface area contributed by atoms with Crippen LogP contribution in [0.3, 0.4) is 0 Å². The predicted octanol–water partition coefficient (Wildman–Crippen LogP) is 3.85. The van der Waals surface area contributed by atoms with Crippen LogP contribution >= 0.6 is 11.3 Å². The standard InChI is InChI=1S/C21H21N3O3S/c25-19(9-8-18-22-21(23-27-18)17-7-4-14-28-17)24-12-10-16(11-13-24)20(26)15-5-2-1-3-6-15/h1-7,14,16H,8-13H2. The number of ketones is 1. The van der Waals surface area contributed by atoms with Crippen molar-refractivity contribution in [3.63, 3.8) is 0 Å². The number of amides is 1. The van der Waals surface area contributed by atoms with Crippen molar-refractivity contribution in [2.75, 3.05) is 13.1 Å². The van der Waals surface area contributed by atoms with Gasteiger partial charge in [-0.1, -0.05) is 41.6 Å². The van der Waals surface area contributed by atoms with Crippen molar-refractivity contribution in [3.8, 4) is 10.7 Å². The van der Waals surface area contributed by atoms with Gasteiger partial charge in [0.1, 0.15) is 0 Å². The number of nitrogens with zero attached hydrogens (tertiary/aromatic N) is 3. The van der Waals surface area contributed by atoms with E-state index >= 15 is 0 Å². The SMILES string of the molecule is O=C(c1ccccc1)C1CCN(C(=O)CCc2nc(-c3cccs3)no2)CC1. The Kier molecular flexibility index (Phi) is 5.62. The summed E-state index contributed by atoms with van der Waals surface area (Å²) in [6.07, 6.45) is 2.19. The first-order valence-corrected chi connectivity index (χ1v) is 10.3. The molecule has 0 atom stereocenters. The Morgan fingerprint density at radius 1 is 1.11 bits per heavy atom. The average Bonchev–Trinajstić information content (AvgIpc) is 3.44. The van der Waals surface area contributed by atoms with Gasteiger partial charge in [0.15, 0.2) is 5.78 Å². The number of carbonyl (C=O) groups is 2. The largest absolute Gasteiger partial charge is 0.343 e. The van der Waals surface area contributed by atoms with Crippen LogP contribution in [0.4, 0.5) is 0 Å². The Labute approximate surface area is 167 Å². The predicted molar refractivity (Wildman–Crippen MR) is 106 cm³/mol. The molecule has 0 saturated carbocycles. The molecule has 2 aromatic heterocycles. The van der Waals surface area contributed by atoms with Crippen LogP contribution in [0.2, 0.25) is 0 Å². The zero-order chi connectivity index (χ0) is 19.3. The summed E-state index contributed by atoms with van der Waals surface area (Å²) in [5, 5.41) is 5.93. The van der Waals surface area contributed by atoms with E-state index in [9.17, 15) is 9.59 Å². The molecule has 3 aromatic rings. The molecule has 0 spiro atoms. The minimum Gasteiger partial charge on any atom is -0.343 e. The average molecular weight is 395 g/mol. The molecule has 1 aliphatic rings. The van der Waals surface area contributed by atoms with E-state index in [1.165, 1.54) is 0 Å². The second kappa shape index (κ2) is 8.48. The van der Waals surface area contributed by atoms with Gasteiger partial charge in [-0.2, -0.15) is 4.98 Å². The second-order valence-electron chi connectivity index (χ2n) is 6.87. The summed E-state index contributed by atoms with van der Waals surface area (Å²) < 4.78 is 5.25.